The van der Waals surface area contributed by atoms with Gasteiger partial charge in [0.1, 0.15) is 5.75 Å². The Morgan fingerprint density at radius 3 is 2.47 bits per heavy atom. The molecule has 4 heteroatoms. The molecule has 0 heterocycles. The molecule has 2 N–H and O–H groups in total. The third-order valence-electron chi connectivity index (χ3n) is 4.08. The fourth-order valence-corrected chi connectivity index (χ4v) is 4.22. The second-order valence-electron chi connectivity index (χ2n) is 5.35. The predicted octanol–water partition coefficient (Wildman–Crippen LogP) is 4.98. The topological polar surface area (TPSA) is 32.3 Å². The standard InChI is InChI=1S/C15H21Br2NO/c1-2-11-5-3-4-6-14(11)18-9-10-7-12(16)15(19)13(17)8-10/h7-8,11,14,18-19H,2-6,9H2,1H3. The summed E-state index contributed by atoms with van der Waals surface area (Å²) >= 11 is 6.76. The molecule has 1 aliphatic carbocycles. The molecular formula is C15H21Br2NO. The Kier molecular flexibility index (Phi) is 5.72. The lowest BCUT2D eigenvalue weighted by molar-refractivity contribution is 0.254. The van der Waals surface area contributed by atoms with Crippen molar-refractivity contribution >= 4 is 31.9 Å². The molecule has 0 aliphatic heterocycles. The van der Waals surface area contributed by atoms with Gasteiger partial charge in [-0.25, -0.2) is 0 Å². The van der Waals surface area contributed by atoms with Crippen molar-refractivity contribution in [3.05, 3.63) is 26.6 Å². The van der Waals surface area contributed by atoms with Crippen LogP contribution in [0.1, 0.15) is 44.6 Å². The Hall–Kier alpha value is -0.0600. The monoisotopic (exact) mass is 389 g/mol. The van der Waals surface area contributed by atoms with E-state index in [4.69, 9.17) is 0 Å². The summed E-state index contributed by atoms with van der Waals surface area (Å²) in [4.78, 5) is 0. The average Bonchev–Trinajstić information content (AvgIpc) is 2.42. The van der Waals surface area contributed by atoms with Gasteiger partial charge in [0.15, 0.2) is 0 Å². The molecule has 1 aromatic carbocycles. The third kappa shape index (κ3) is 3.96. The van der Waals surface area contributed by atoms with Gasteiger partial charge >= 0.3 is 0 Å². The Morgan fingerprint density at radius 1 is 1.21 bits per heavy atom. The second kappa shape index (κ2) is 7.09. The highest BCUT2D eigenvalue weighted by molar-refractivity contribution is 9.11. The van der Waals surface area contributed by atoms with Gasteiger partial charge in [0.25, 0.3) is 0 Å². The number of phenolic OH excluding ortho intramolecular Hbond substituents is 1. The predicted molar refractivity (Wildman–Crippen MR) is 86.4 cm³/mol. The van der Waals surface area contributed by atoms with Crippen molar-refractivity contribution in [1.82, 2.24) is 5.32 Å². The molecule has 0 saturated heterocycles. The van der Waals surface area contributed by atoms with Crippen LogP contribution in [0.2, 0.25) is 0 Å². The van der Waals surface area contributed by atoms with Gasteiger partial charge in [-0.1, -0.05) is 26.2 Å². The van der Waals surface area contributed by atoms with E-state index in [1.54, 1.807) is 0 Å². The van der Waals surface area contributed by atoms with Gasteiger partial charge < -0.3 is 10.4 Å². The molecular weight excluding hydrogens is 370 g/mol. The summed E-state index contributed by atoms with van der Waals surface area (Å²) in [5, 5.41) is 13.4. The van der Waals surface area contributed by atoms with Crippen LogP contribution in [0, 0.1) is 5.92 Å². The van der Waals surface area contributed by atoms with E-state index in [0.717, 1.165) is 21.4 Å². The Bertz CT molecular complexity index is 413. The van der Waals surface area contributed by atoms with Crippen LogP contribution in [0.3, 0.4) is 0 Å². The van der Waals surface area contributed by atoms with E-state index < -0.39 is 0 Å². The molecule has 1 aliphatic rings. The lowest BCUT2D eigenvalue weighted by Gasteiger charge is -2.31. The molecule has 1 fully saturated rings. The van der Waals surface area contributed by atoms with Gasteiger partial charge in [0.2, 0.25) is 0 Å². The average molecular weight is 391 g/mol. The molecule has 2 unspecified atom stereocenters. The first-order chi connectivity index (χ1) is 9.11. The maximum absolute atomic E-state index is 9.71. The molecule has 0 amide bonds. The van der Waals surface area contributed by atoms with Crippen molar-refractivity contribution in [1.29, 1.82) is 0 Å². The summed E-state index contributed by atoms with van der Waals surface area (Å²) in [6.07, 6.45) is 6.64. The summed E-state index contributed by atoms with van der Waals surface area (Å²) in [5.41, 5.74) is 1.19. The summed E-state index contributed by atoms with van der Waals surface area (Å²) in [6, 6.07) is 4.61. The fraction of sp³-hybridized carbons (Fsp3) is 0.600. The molecule has 2 nitrogen and oxygen atoms in total. The Balaban J connectivity index is 1.98. The highest BCUT2D eigenvalue weighted by atomic mass is 79.9. The molecule has 0 radical (unpaired) electrons. The SMILES string of the molecule is CCC1CCCCC1NCc1cc(Br)c(O)c(Br)c1. The van der Waals surface area contributed by atoms with Crippen LogP contribution >= 0.6 is 31.9 Å². The lowest BCUT2D eigenvalue weighted by Crippen LogP contribution is -2.37. The number of phenols is 1. The van der Waals surface area contributed by atoms with Gasteiger partial charge in [0.05, 0.1) is 8.95 Å². The molecule has 2 atom stereocenters. The summed E-state index contributed by atoms with van der Waals surface area (Å²) in [5.74, 6) is 1.09. The fourth-order valence-electron chi connectivity index (χ4n) is 2.93. The van der Waals surface area contributed by atoms with Crippen LogP contribution in [0.25, 0.3) is 0 Å². The van der Waals surface area contributed by atoms with Crippen molar-refractivity contribution in [2.45, 2.75) is 51.6 Å². The van der Waals surface area contributed by atoms with Crippen molar-refractivity contribution < 1.29 is 5.11 Å². The molecule has 1 saturated carbocycles. The maximum Gasteiger partial charge on any atom is 0.143 e. The van der Waals surface area contributed by atoms with Crippen molar-refractivity contribution in [2.24, 2.45) is 5.92 Å². The van der Waals surface area contributed by atoms with E-state index in [2.05, 4.69) is 44.1 Å². The largest absolute Gasteiger partial charge is 0.506 e. The number of rotatable bonds is 4. The van der Waals surface area contributed by atoms with E-state index in [1.807, 2.05) is 12.1 Å². The zero-order valence-corrected chi connectivity index (χ0v) is 14.4. The van der Waals surface area contributed by atoms with Crippen molar-refractivity contribution in [2.75, 3.05) is 0 Å². The normalized spacial score (nSPS) is 23.5. The van der Waals surface area contributed by atoms with E-state index >= 15 is 0 Å². The Morgan fingerprint density at radius 2 is 1.84 bits per heavy atom. The van der Waals surface area contributed by atoms with Gasteiger partial charge in [-0.3, -0.25) is 0 Å². The zero-order chi connectivity index (χ0) is 13.8. The minimum Gasteiger partial charge on any atom is -0.506 e. The minimum absolute atomic E-state index is 0.271. The molecule has 0 aromatic heterocycles. The molecule has 1 aromatic rings. The third-order valence-corrected chi connectivity index (χ3v) is 5.29. The highest BCUT2D eigenvalue weighted by Crippen LogP contribution is 2.33. The van der Waals surface area contributed by atoms with Gasteiger partial charge in [-0.05, 0) is 68.3 Å². The highest BCUT2D eigenvalue weighted by Gasteiger charge is 2.22. The van der Waals surface area contributed by atoms with Gasteiger partial charge in [0, 0.05) is 12.6 Å². The summed E-state index contributed by atoms with van der Waals surface area (Å²) in [6.45, 7) is 3.15. The first kappa shape index (κ1) is 15.3. The number of hydrogen-bond donors (Lipinski definition) is 2. The van der Waals surface area contributed by atoms with Crippen LogP contribution in [0.15, 0.2) is 21.1 Å². The summed E-state index contributed by atoms with van der Waals surface area (Å²) < 4.78 is 1.49. The second-order valence-corrected chi connectivity index (χ2v) is 7.06. The van der Waals surface area contributed by atoms with Crippen LogP contribution in [0.5, 0.6) is 5.75 Å². The molecule has 2 rings (SSSR count). The van der Waals surface area contributed by atoms with E-state index in [0.29, 0.717) is 6.04 Å². The van der Waals surface area contributed by atoms with Crippen molar-refractivity contribution in [3.63, 3.8) is 0 Å². The molecule has 0 spiro atoms. The molecule has 0 bridgehead atoms. The van der Waals surface area contributed by atoms with Crippen LogP contribution < -0.4 is 5.32 Å². The van der Waals surface area contributed by atoms with E-state index in [9.17, 15) is 5.11 Å². The number of nitrogens with one attached hydrogen (secondary N) is 1. The number of aromatic hydroxyl groups is 1. The smallest absolute Gasteiger partial charge is 0.143 e. The first-order valence-electron chi connectivity index (χ1n) is 7.02. The van der Waals surface area contributed by atoms with Crippen LogP contribution in [-0.2, 0) is 6.54 Å². The minimum atomic E-state index is 0.271. The van der Waals surface area contributed by atoms with Crippen LogP contribution in [0.4, 0.5) is 0 Å². The zero-order valence-electron chi connectivity index (χ0n) is 11.3. The molecule has 106 valence electrons. The number of halogens is 2. The maximum atomic E-state index is 9.71. The van der Waals surface area contributed by atoms with Crippen molar-refractivity contribution in [3.8, 4) is 5.75 Å². The number of benzene rings is 1. The first-order valence-corrected chi connectivity index (χ1v) is 8.60. The van der Waals surface area contributed by atoms with E-state index in [1.165, 1.54) is 37.7 Å². The Labute approximate surface area is 132 Å². The number of hydrogen-bond acceptors (Lipinski definition) is 2. The lowest BCUT2D eigenvalue weighted by atomic mass is 9.83. The van der Waals surface area contributed by atoms with E-state index in [-0.39, 0.29) is 5.75 Å². The van der Waals surface area contributed by atoms with Crippen LogP contribution in [-0.4, -0.2) is 11.1 Å². The van der Waals surface area contributed by atoms with Gasteiger partial charge in [-0.15, -0.1) is 0 Å². The summed E-state index contributed by atoms with van der Waals surface area (Å²) in [7, 11) is 0. The quantitative estimate of drug-likeness (QED) is 0.760. The molecule has 19 heavy (non-hydrogen) atoms. The van der Waals surface area contributed by atoms with Gasteiger partial charge in [-0.2, -0.15) is 0 Å².